The Kier molecular flexibility index (Phi) is 5.56. The van der Waals surface area contributed by atoms with Gasteiger partial charge >= 0.3 is 0 Å². The summed E-state index contributed by atoms with van der Waals surface area (Å²) in [4.78, 5) is 0. The van der Waals surface area contributed by atoms with Crippen LogP contribution in [-0.4, -0.2) is 56.3 Å². The predicted octanol–water partition coefficient (Wildman–Crippen LogP) is -1.70. The van der Waals surface area contributed by atoms with E-state index in [9.17, 15) is 5.11 Å². The minimum atomic E-state index is -1.56. The Balaban J connectivity index is 4.15. The summed E-state index contributed by atoms with van der Waals surface area (Å²) in [6.45, 7) is 1.62. The van der Waals surface area contributed by atoms with Crippen molar-refractivity contribution < 1.29 is 25.6 Å². The fraction of sp³-hybridized carbons (Fsp3) is 0.857. The second-order valence-electron chi connectivity index (χ2n) is 2.71. The Morgan fingerprint density at radius 2 is 1.69 bits per heavy atom. The van der Waals surface area contributed by atoms with Gasteiger partial charge in [0.25, 0.3) is 0 Å². The molecule has 4 atom stereocenters. The predicted molar refractivity (Wildman–Crippen MR) is 44.6 cm³/mol. The molecule has 6 nitrogen and oxygen atoms in total. The smallest absolute Gasteiger partial charge is 0.121 e. The highest BCUT2D eigenvalue weighted by molar-refractivity contribution is 5.62. The molecule has 0 fully saturated rings. The van der Waals surface area contributed by atoms with Crippen molar-refractivity contribution in [3.05, 3.63) is 0 Å². The number of hydrogen-bond acceptors (Lipinski definition) is 6. The zero-order valence-electron chi connectivity index (χ0n) is 7.28. The van der Waals surface area contributed by atoms with Crippen molar-refractivity contribution >= 4 is 6.21 Å². The Morgan fingerprint density at radius 1 is 1.15 bits per heavy atom. The number of aliphatic hydroxyl groups excluding tert-OH is 4. The van der Waals surface area contributed by atoms with Gasteiger partial charge in [0, 0.05) is 0 Å². The first-order valence-corrected chi connectivity index (χ1v) is 3.94. The van der Waals surface area contributed by atoms with Crippen molar-refractivity contribution in [2.45, 2.75) is 37.8 Å². The Hall–Kier alpha value is -0.690. The lowest BCUT2D eigenvalue weighted by Crippen LogP contribution is -2.44. The molecule has 0 aromatic carbocycles. The van der Waals surface area contributed by atoms with Gasteiger partial charge in [-0.05, 0) is 6.42 Å². The molecule has 0 aromatic rings. The summed E-state index contributed by atoms with van der Waals surface area (Å²) < 4.78 is 0. The van der Waals surface area contributed by atoms with E-state index < -0.39 is 24.4 Å². The van der Waals surface area contributed by atoms with E-state index in [2.05, 4.69) is 5.16 Å². The van der Waals surface area contributed by atoms with Crippen LogP contribution in [0.15, 0.2) is 5.16 Å². The normalized spacial score (nSPS) is 21.3. The van der Waals surface area contributed by atoms with Gasteiger partial charge in [-0.25, -0.2) is 0 Å². The van der Waals surface area contributed by atoms with Crippen molar-refractivity contribution in [1.29, 1.82) is 0 Å². The van der Waals surface area contributed by atoms with Crippen molar-refractivity contribution in [2.24, 2.45) is 5.16 Å². The number of oxime groups is 1. The SMILES string of the molecule is CCC(O)[C@@H](O)[C@@H](O)C(O)/C=N/O. The molecule has 78 valence electrons. The summed E-state index contributed by atoms with van der Waals surface area (Å²) >= 11 is 0. The standard InChI is InChI=1S/C7H15NO5/c1-2-4(9)6(11)7(12)5(10)3-8-13/h3-7,9-13H,2H2,1H3/b8-3+/t4?,5?,6-,7+/m1/s1. The van der Waals surface area contributed by atoms with Gasteiger partial charge in [-0.15, -0.1) is 0 Å². The number of hydrogen-bond donors (Lipinski definition) is 5. The lowest BCUT2D eigenvalue weighted by molar-refractivity contribution is -0.0885. The van der Waals surface area contributed by atoms with Crippen molar-refractivity contribution in [2.75, 3.05) is 0 Å². The van der Waals surface area contributed by atoms with E-state index in [0.717, 1.165) is 0 Å². The van der Waals surface area contributed by atoms with Gasteiger partial charge in [-0.1, -0.05) is 12.1 Å². The van der Waals surface area contributed by atoms with E-state index in [1.807, 2.05) is 0 Å². The minimum Gasteiger partial charge on any atom is -0.411 e. The molecule has 0 aliphatic rings. The molecule has 13 heavy (non-hydrogen) atoms. The van der Waals surface area contributed by atoms with Crippen LogP contribution in [-0.2, 0) is 0 Å². The highest BCUT2D eigenvalue weighted by Crippen LogP contribution is 2.06. The van der Waals surface area contributed by atoms with Gasteiger partial charge in [-0.3, -0.25) is 0 Å². The Bertz CT molecular complexity index is 163. The third-order valence-corrected chi connectivity index (χ3v) is 1.73. The first kappa shape index (κ1) is 12.3. The molecule has 0 saturated heterocycles. The van der Waals surface area contributed by atoms with Crippen LogP contribution in [0, 0.1) is 0 Å². The summed E-state index contributed by atoms with van der Waals surface area (Å²) in [6.07, 6.45) is -4.72. The van der Waals surface area contributed by atoms with Crippen LogP contribution < -0.4 is 0 Å². The molecule has 0 aliphatic heterocycles. The second kappa shape index (κ2) is 5.87. The highest BCUT2D eigenvalue weighted by atomic mass is 16.4. The average molecular weight is 193 g/mol. The molecule has 0 amide bonds. The fourth-order valence-corrected chi connectivity index (χ4v) is 0.828. The minimum absolute atomic E-state index is 0.251. The maximum Gasteiger partial charge on any atom is 0.121 e. The van der Waals surface area contributed by atoms with Crippen LogP contribution in [0.25, 0.3) is 0 Å². The molecule has 6 heteroatoms. The molecule has 0 heterocycles. The van der Waals surface area contributed by atoms with E-state index in [0.29, 0.717) is 6.21 Å². The van der Waals surface area contributed by atoms with Gasteiger partial charge in [0.05, 0.1) is 12.3 Å². The monoisotopic (exact) mass is 193 g/mol. The van der Waals surface area contributed by atoms with Crippen molar-refractivity contribution in [3.63, 3.8) is 0 Å². The molecule has 5 N–H and O–H groups in total. The van der Waals surface area contributed by atoms with Gasteiger partial charge < -0.3 is 25.6 Å². The lowest BCUT2D eigenvalue weighted by Gasteiger charge is -2.23. The molecule has 0 saturated carbocycles. The molecular weight excluding hydrogens is 178 g/mol. The van der Waals surface area contributed by atoms with Crippen molar-refractivity contribution in [1.82, 2.24) is 0 Å². The first-order valence-electron chi connectivity index (χ1n) is 3.94. The molecule has 0 rings (SSSR count). The zero-order valence-corrected chi connectivity index (χ0v) is 7.28. The molecule has 0 aliphatic carbocycles. The molecule has 2 unspecified atom stereocenters. The zero-order chi connectivity index (χ0) is 10.4. The van der Waals surface area contributed by atoms with E-state index >= 15 is 0 Å². The summed E-state index contributed by atoms with van der Waals surface area (Å²) in [5.74, 6) is 0. The molecule has 0 bridgehead atoms. The lowest BCUT2D eigenvalue weighted by atomic mass is 10.0. The third-order valence-electron chi connectivity index (χ3n) is 1.73. The van der Waals surface area contributed by atoms with Crippen LogP contribution in [0.5, 0.6) is 0 Å². The van der Waals surface area contributed by atoms with E-state index in [1.54, 1.807) is 6.92 Å². The van der Waals surface area contributed by atoms with E-state index in [4.69, 9.17) is 20.5 Å². The topological polar surface area (TPSA) is 114 Å². The number of rotatable bonds is 5. The van der Waals surface area contributed by atoms with Crippen LogP contribution in [0.2, 0.25) is 0 Å². The first-order chi connectivity index (χ1) is 6.04. The van der Waals surface area contributed by atoms with Crippen LogP contribution in [0.3, 0.4) is 0 Å². The molecule has 0 aromatic heterocycles. The Labute approximate surface area is 75.7 Å². The van der Waals surface area contributed by atoms with Crippen molar-refractivity contribution in [3.8, 4) is 0 Å². The molecular formula is C7H15NO5. The average Bonchev–Trinajstić information content (AvgIpc) is 2.14. The quantitative estimate of drug-likeness (QED) is 0.203. The van der Waals surface area contributed by atoms with Crippen LogP contribution in [0.1, 0.15) is 13.3 Å². The largest absolute Gasteiger partial charge is 0.411 e. The van der Waals surface area contributed by atoms with Gasteiger partial charge in [0.15, 0.2) is 0 Å². The molecule has 0 spiro atoms. The summed E-state index contributed by atoms with van der Waals surface area (Å²) in [6, 6.07) is 0. The summed E-state index contributed by atoms with van der Waals surface area (Å²) in [5, 5.41) is 46.9. The summed E-state index contributed by atoms with van der Waals surface area (Å²) in [7, 11) is 0. The van der Waals surface area contributed by atoms with E-state index in [1.165, 1.54) is 0 Å². The van der Waals surface area contributed by atoms with Crippen LogP contribution in [0.4, 0.5) is 0 Å². The van der Waals surface area contributed by atoms with Gasteiger partial charge in [0.1, 0.15) is 18.3 Å². The molecule has 0 radical (unpaired) electrons. The fourth-order valence-electron chi connectivity index (χ4n) is 0.828. The number of aliphatic hydroxyl groups is 4. The highest BCUT2D eigenvalue weighted by Gasteiger charge is 2.28. The Morgan fingerprint density at radius 3 is 2.08 bits per heavy atom. The van der Waals surface area contributed by atoms with E-state index in [-0.39, 0.29) is 6.42 Å². The maximum atomic E-state index is 9.18. The summed E-state index contributed by atoms with van der Waals surface area (Å²) in [5.41, 5.74) is 0. The van der Waals surface area contributed by atoms with Crippen LogP contribution >= 0.6 is 0 Å². The van der Waals surface area contributed by atoms with Gasteiger partial charge in [0.2, 0.25) is 0 Å². The second-order valence-corrected chi connectivity index (χ2v) is 2.71. The third kappa shape index (κ3) is 3.69. The number of nitrogens with zero attached hydrogens (tertiary/aromatic N) is 1. The van der Waals surface area contributed by atoms with Gasteiger partial charge in [-0.2, -0.15) is 0 Å². The maximum absolute atomic E-state index is 9.18.